The number of ether oxygens (including phenoxy) is 2. The summed E-state index contributed by atoms with van der Waals surface area (Å²) in [4.78, 5) is 35.3. The lowest BCUT2D eigenvalue weighted by Gasteiger charge is -1.93. The van der Waals surface area contributed by atoms with Crippen LogP contribution in [0.25, 0.3) is 0 Å². The van der Waals surface area contributed by atoms with Crippen LogP contribution >= 0.6 is 0 Å². The molecule has 1 aliphatic rings. The van der Waals surface area contributed by atoms with Gasteiger partial charge in [-0.3, -0.25) is 19.7 Å². The number of aldehydes is 1. The highest BCUT2D eigenvalue weighted by Gasteiger charge is 2.03. The molecule has 2 aromatic rings. The summed E-state index contributed by atoms with van der Waals surface area (Å²) in [6, 6.07) is 0. The van der Waals surface area contributed by atoms with Crippen molar-refractivity contribution < 1.29 is 19.1 Å². The lowest BCUT2D eigenvalue weighted by atomic mass is 10.4. The van der Waals surface area contributed by atoms with Crippen LogP contribution in [-0.2, 0) is 9.47 Å². The minimum absolute atomic E-state index is 0.227. The minimum atomic E-state index is -0.465. The molecule has 8 nitrogen and oxygen atoms in total. The monoisotopic (exact) mass is 318 g/mol. The summed E-state index contributed by atoms with van der Waals surface area (Å²) in [5.41, 5.74) is 0.595. The van der Waals surface area contributed by atoms with Crippen LogP contribution in [0.1, 0.15) is 33.8 Å². The molecule has 23 heavy (non-hydrogen) atoms. The van der Waals surface area contributed by atoms with Gasteiger partial charge in [-0.15, -0.1) is 0 Å². The van der Waals surface area contributed by atoms with E-state index >= 15 is 0 Å². The maximum atomic E-state index is 10.7. The molecule has 0 aliphatic carbocycles. The number of nitrogens with zero attached hydrogens (tertiary/aromatic N) is 4. The number of hydrogen-bond donors (Lipinski definition) is 0. The quantitative estimate of drug-likeness (QED) is 0.603. The Morgan fingerprint density at radius 3 is 2.09 bits per heavy atom. The molecule has 0 N–H and O–H groups in total. The average molecular weight is 318 g/mol. The maximum absolute atomic E-state index is 10.7. The van der Waals surface area contributed by atoms with Crippen molar-refractivity contribution in [2.24, 2.45) is 0 Å². The molecule has 2 aromatic heterocycles. The SMILES string of the molecule is C1CCOC1.COC(=O)c1cnccn1.O=Cc1cnccn1. The van der Waals surface area contributed by atoms with Crippen molar-refractivity contribution in [2.45, 2.75) is 12.8 Å². The second kappa shape index (κ2) is 11.9. The molecular weight excluding hydrogens is 300 g/mol. The predicted octanol–water partition coefficient (Wildman–Crippen LogP) is 1.35. The van der Waals surface area contributed by atoms with Crippen LogP contribution in [0, 0.1) is 0 Å². The average Bonchev–Trinajstić information content (AvgIpc) is 3.23. The van der Waals surface area contributed by atoms with Gasteiger partial charge in [-0.1, -0.05) is 0 Å². The topological polar surface area (TPSA) is 104 Å². The second-order valence-electron chi connectivity index (χ2n) is 4.15. The van der Waals surface area contributed by atoms with Crippen molar-refractivity contribution in [1.82, 2.24) is 19.9 Å². The van der Waals surface area contributed by atoms with Gasteiger partial charge in [0.05, 0.1) is 19.5 Å². The van der Waals surface area contributed by atoms with Crippen molar-refractivity contribution in [3.8, 4) is 0 Å². The lowest BCUT2D eigenvalue weighted by molar-refractivity contribution is 0.0593. The van der Waals surface area contributed by atoms with Gasteiger partial charge in [0.1, 0.15) is 5.69 Å². The van der Waals surface area contributed by atoms with E-state index in [1.807, 2.05) is 0 Å². The van der Waals surface area contributed by atoms with Gasteiger partial charge >= 0.3 is 5.97 Å². The Labute approximate surface area is 133 Å². The van der Waals surface area contributed by atoms with Crippen LogP contribution < -0.4 is 0 Å². The number of carbonyl (C=O) groups excluding carboxylic acids is 2. The normalized spacial score (nSPS) is 12.0. The van der Waals surface area contributed by atoms with E-state index in [4.69, 9.17) is 4.74 Å². The van der Waals surface area contributed by atoms with E-state index in [-0.39, 0.29) is 5.69 Å². The first-order valence-corrected chi connectivity index (χ1v) is 6.91. The van der Waals surface area contributed by atoms with Crippen LogP contribution in [0.4, 0.5) is 0 Å². The summed E-state index contributed by atoms with van der Waals surface area (Å²) < 4.78 is 9.34. The fourth-order valence-electron chi connectivity index (χ4n) is 1.39. The zero-order valence-electron chi connectivity index (χ0n) is 12.8. The van der Waals surface area contributed by atoms with Gasteiger partial charge in [-0.05, 0) is 12.8 Å². The molecule has 122 valence electrons. The summed E-state index contributed by atoms with van der Waals surface area (Å²) in [5.74, 6) is -0.465. The van der Waals surface area contributed by atoms with E-state index in [0.717, 1.165) is 13.2 Å². The number of methoxy groups -OCH3 is 1. The zero-order chi connectivity index (χ0) is 16.8. The number of esters is 1. The van der Waals surface area contributed by atoms with Gasteiger partial charge in [-0.2, -0.15) is 0 Å². The highest BCUT2D eigenvalue weighted by Crippen LogP contribution is 1.98. The maximum Gasteiger partial charge on any atom is 0.358 e. The van der Waals surface area contributed by atoms with E-state index in [9.17, 15) is 9.59 Å². The van der Waals surface area contributed by atoms with Crippen molar-refractivity contribution >= 4 is 12.3 Å². The van der Waals surface area contributed by atoms with Crippen molar-refractivity contribution in [1.29, 1.82) is 0 Å². The summed E-state index contributed by atoms with van der Waals surface area (Å²) in [5, 5.41) is 0. The molecule has 0 unspecified atom stereocenters. The van der Waals surface area contributed by atoms with E-state index in [1.165, 1.54) is 57.1 Å². The van der Waals surface area contributed by atoms with E-state index in [0.29, 0.717) is 12.0 Å². The highest BCUT2D eigenvalue weighted by atomic mass is 16.5. The van der Waals surface area contributed by atoms with Gasteiger partial charge in [0.15, 0.2) is 12.0 Å². The molecule has 0 amide bonds. The molecule has 0 bridgehead atoms. The third kappa shape index (κ3) is 8.32. The number of hydrogen-bond acceptors (Lipinski definition) is 8. The molecule has 1 saturated heterocycles. The van der Waals surface area contributed by atoms with Gasteiger partial charge < -0.3 is 9.47 Å². The van der Waals surface area contributed by atoms with Crippen LogP contribution in [0.5, 0.6) is 0 Å². The summed E-state index contributed by atoms with van der Waals surface area (Å²) in [6.45, 7) is 2.00. The van der Waals surface area contributed by atoms with Crippen LogP contribution in [-0.4, -0.2) is 52.5 Å². The van der Waals surface area contributed by atoms with Gasteiger partial charge in [-0.25, -0.2) is 9.78 Å². The molecule has 0 aromatic carbocycles. The van der Waals surface area contributed by atoms with Crippen molar-refractivity contribution in [3.63, 3.8) is 0 Å². The molecule has 3 rings (SSSR count). The van der Waals surface area contributed by atoms with E-state index in [2.05, 4.69) is 24.7 Å². The molecule has 0 spiro atoms. The molecule has 3 heterocycles. The summed E-state index contributed by atoms with van der Waals surface area (Å²) >= 11 is 0. The second-order valence-corrected chi connectivity index (χ2v) is 4.15. The Balaban J connectivity index is 0.000000182. The molecule has 0 saturated carbocycles. The molecule has 0 radical (unpaired) electrons. The first-order chi connectivity index (χ1) is 11.3. The zero-order valence-corrected chi connectivity index (χ0v) is 12.8. The Kier molecular flexibility index (Phi) is 9.45. The Morgan fingerprint density at radius 1 is 1.09 bits per heavy atom. The first-order valence-electron chi connectivity index (χ1n) is 6.91. The number of aromatic nitrogens is 4. The van der Waals surface area contributed by atoms with Crippen LogP contribution in [0.15, 0.2) is 37.2 Å². The molecule has 8 heteroatoms. The van der Waals surface area contributed by atoms with Crippen LogP contribution in [0.2, 0.25) is 0 Å². The Bertz CT molecular complexity index is 555. The lowest BCUT2D eigenvalue weighted by Crippen LogP contribution is -2.03. The summed E-state index contributed by atoms with van der Waals surface area (Å²) in [6.07, 6.45) is 11.9. The fourth-order valence-corrected chi connectivity index (χ4v) is 1.39. The Morgan fingerprint density at radius 2 is 1.74 bits per heavy atom. The van der Waals surface area contributed by atoms with Crippen LogP contribution in [0.3, 0.4) is 0 Å². The van der Waals surface area contributed by atoms with Gasteiger partial charge in [0.2, 0.25) is 0 Å². The third-order valence-electron chi connectivity index (χ3n) is 2.49. The van der Waals surface area contributed by atoms with Gasteiger partial charge in [0, 0.05) is 38.0 Å². The fraction of sp³-hybridized carbons (Fsp3) is 0.333. The third-order valence-corrected chi connectivity index (χ3v) is 2.49. The highest BCUT2D eigenvalue weighted by molar-refractivity contribution is 5.86. The van der Waals surface area contributed by atoms with E-state index in [1.54, 1.807) is 0 Å². The van der Waals surface area contributed by atoms with Crippen molar-refractivity contribution in [3.05, 3.63) is 48.6 Å². The van der Waals surface area contributed by atoms with Crippen molar-refractivity contribution in [2.75, 3.05) is 20.3 Å². The summed E-state index contributed by atoms with van der Waals surface area (Å²) in [7, 11) is 1.30. The Hall–Kier alpha value is -2.74. The van der Waals surface area contributed by atoms with Gasteiger partial charge in [0.25, 0.3) is 0 Å². The molecule has 1 fully saturated rings. The number of carbonyl (C=O) groups is 2. The first kappa shape index (κ1) is 18.3. The van der Waals surface area contributed by atoms with E-state index < -0.39 is 5.97 Å². The number of rotatable bonds is 2. The smallest absolute Gasteiger partial charge is 0.358 e. The predicted molar refractivity (Wildman–Crippen MR) is 80.8 cm³/mol. The standard InChI is InChI=1S/C6H6N2O2.C5H4N2O.C4H8O/c1-10-6(9)5-4-7-2-3-8-5;8-4-5-3-6-1-2-7-5;1-2-4-5-3-1/h2-4H,1H3;1-4H;1-4H2. The molecular formula is C15H18N4O4. The molecule has 1 aliphatic heterocycles. The molecule has 0 atom stereocenters. The minimum Gasteiger partial charge on any atom is -0.464 e. The largest absolute Gasteiger partial charge is 0.464 e.